The first kappa shape index (κ1) is 17.2. The Bertz CT molecular complexity index is 538. The molecule has 1 aromatic rings. The number of nitrogens with one attached hydrogen (secondary N) is 1. The maximum atomic E-state index is 11.3. The van der Waals surface area contributed by atoms with E-state index in [4.69, 9.17) is 22.1 Å². The van der Waals surface area contributed by atoms with Crippen LogP contribution in [0, 0.1) is 10.1 Å². The van der Waals surface area contributed by atoms with Crippen LogP contribution in [0.1, 0.15) is 19.8 Å². The van der Waals surface area contributed by atoms with Gasteiger partial charge in [-0.2, -0.15) is 0 Å². The van der Waals surface area contributed by atoms with E-state index in [1.807, 2.05) is 0 Å². The normalized spacial score (nSPS) is 13.5. The first-order chi connectivity index (χ1) is 9.80. The number of benzene rings is 1. The molecule has 7 nitrogen and oxygen atoms in total. The summed E-state index contributed by atoms with van der Waals surface area (Å²) in [5.74, 6) is -0.350. The second kappa shape index (κ2) is 7.24. The molecule has 0 spiro atoms. The molecule has 0 aliphatic carbocycles. The van der Waals surface area contributed by atoms with Crippen LogP contribution in [-0.2, 0) is 4.79 Å². The molecule has 1 amide bonds. The molecule has 8 heteroatoms. The predicted octanol–water partition coefficient (Wildman–Crippen LogP) is 1.87. The van der Waals surface area contributed by atoms with Gasteiger partial charge < -0.3 is 15.8 Å². The zero-order valence-corrected chi connectivity index (χ0v) is 12.6. The van der Waals surface area contributed by atoms with E-state index in [2.05, 4.69) is 5.32 Å². The predicted molar refractivity (Wildman–Crippen MR) is 79.5 cm³/mol. The standard InChI is InChI=1S/C13H18ClN3O4/c1-13(16-2,12(15)18)6-3-7-21-11-8-9(14)4-5-10(11)17(19)20/h4-5,8,16H,3,6-7H2,1-2H3,(H2,15,18). The monoisotopic (exact) mass is 315 g/mol. The first-order valence-electron chi connectivity index (χ1n) is 6.35. The summed E-state index contributed by atoms with van der Waals surface area (Å²) >= 11 is 5.80. The van der Waals surface area contributed by atoms with E-state index in [9.17, 15) is 14.9 Å². The van der Waals surface area contributed by atoms with Crippen LogP contribution in [0.2, 0.25) is 5.02 Å². The van der Waals surface area contributed by atoms with E-state index in [-0.39, 0.29) is 18.0 Å². The van der Waals surface area contributed by atoms with E-state index in [0.29, 0.717) is 17.9 Å². The Balaban J connectivity index is 2.63. The van der Waals surface area contributed by atoms with Crippen LogP contribution in [0.3, 0.4) is 0 Å². The molecule has 21 heavy (non-hydrogen) atoms. The highest BCUT2D eigenvalue weighted by molar-refractivity contribution is 6.30. The van der Waals surface area contributed by atoms with Crippen LogP contribution in [0.4, 0.5) is 5.69 Å². The van der Waals surface area contributed by atoms with Gasteiger partial charge in [-0.25, -0.2) is 0 Å². The highest BCUT2D eigenvalue weighted by atomic mass is 35.5. The van der Waals surface area contributed by atoms with E-state index in [1.165, 1.54) is 18.2 Å². The maximum absolute atomic E-state index is 11.3. The molecule has 0 heterocycles. The highest BCUT2D eigenvalue weighted by Crippen LogP contribution is 2.30. The molecule has 116 valence electrons. The number of rotatable bonds is 8. The third-order valence-electron chi connectivity index (χ3n) is 3.29. The summed E-state index contributed by atoms with van der Waals surface area (Å²) in [5.41, 5.74) is 4.33. The van der Waals surface area contributed by atoms with Crippen LogP contribution in [0.15, 0.2) is 18.2 Å². The number of nitrogens with two attached hydrogens (primary N) is 1. The van der Waals surface area contributed by atoms with Crippen molar-refractivity contribution in [3.63, 3.8) is 0 Å². The number of likely N-dealkylation sites (N-methyl/N-ethyl adjacent to an activating group) is 1. The zero-order chi connectivity index (χ0) is 16.0. The third-order valence-corrected chi connectivity index (χ3v) is 3.53. The largest absolute Gasteiger partial charge is 0.487 e. The molecule has 0 bridgehead atoms. The number of nitro benzene ring substituents is 1. The van der Waals surface area contributed by atoms with Gasteiger partial charge in [0.1, 0.15) is 0 Å². The zero-order valence-electron chi connectivity index (χ0n) is 11.9. The average molecular weight is 316 g/mol. The molecule has 0 aliphatic rings. The Kier molecular flexibility index (Phi) is 5.92. The second-order valence-electron chi connectivity index (χ2n) is 4.77. The van der Waals surface area contributed by atoms with Crippen LogP contribution in [0.5, 0.6) is 5.75 Å². The summed E-state index contributed by atoms with van der Waals surface area (Å²) in [7, 11) is 1.65. The van der Waals surface area contributed by atoms with Gasteiger partial charge in [0.25, 0.3) is 0 Å². The van der Waals surface area contributed by atoms with Gasteiger partial charge in [0.2, 0.25) is 5.91 Å². The molecule has 3 N–H and O–H groups in total. The van der Waals surface area contributed by atoms with Crippen molar-refractivity contribution in [3.05, 3.63) is 33.3 Å². The minimum atomic E-state index is -0.830. The van der Waals surface area contributed by atoms with Gasteiger partial charge in [-0.05, 0) is 32.9 Å². The number of nitro groups is 1. The summed E-state index contributed by atoms with van der Waals surface area (Å²) in [6.07, 6.45) is 0.956. The fraction of sp³-hybridized carbons (Fsp3) is 0.462. The number of hydrogen-bond acceptors (Lipinski definition) is 5. The first-order valence-corrected chi connectivity index (χ1v) is 6.73. The highest BCUT2D eigenvalue weighted by Gasteiger charge is 2.28. The minimum Gasteiger partial charge on any atom is -0.487 e. The van der Waals surface area contributed by atoms with Gasteiger partial charge in [-0.3, -0.25) is 14.9 Å². The van der Waals surface area contributed by atoms with Crippen molar-refractivity contribution in [2.75, 3.05) is 13.7 Å². The molecule has 0 saturated carbocycles. The number of carbonyl (C=O) groups is 1. The summed E-state index contributed by atoms with van der Waals surface area (Å²) in [4.78, 5) is 21.7. The van der Waals surface area contributed by atoms with Crippen LogP contribution < -0.4 is 15.8 Å². The van der Waals surface area contributed by atoms with Crippen molar-refractivity contribution < 1.29 is 14.5 Å². The number of carbonyl (C=O) groups excluding carboxylic acids is 1. The van der Waals surface area contributed by atoms with Gasteiger partial charge in [0.15, 0.2) is 5.75 Å². The molecule has 1 atom stereocenters. The lowest BCUT2D eigenvalue weighted by Crippen LogP contribution is -2.51. The van der Waals surface area contributed by atoms with E-state index in [0.717, 1.165) is 0 Å². The average Bonchev–Trinajstić information content (AvgIpc) is 2.42. The number of primary amides is 1. The van der Waals surface area contributed by atoms with Crippen LogP contribution in [-0.4, -0.2) is 30.0 Å². The Morgan fingerprint density at radius 3 is 2.76 bits per heavy atom. The molecular weight excluding hydrogens is 298 g/mol. The topological polar surface area (TPSA) is 107 Å². The Hall–Kier alpha value is -1.86. The van der Waals surface area contributed by atoms with Crippen molar-refractivity contribution in [1.29, 1.82) is 0 Å². The Labute approximate surface area is 127 Å². The van der Waals surface area contributed by atoms with Gasteiger partial charge in [-0.15, -0.1) is 0 Å². The Morgan fingerprint density at radius 2 is 2.24 bits per heavy atom. The smallest absolute Gasteiger partial charge is 0.311 e. The lowest BCUT2D eigenvalue weighted by atomic mass is 9.95. The fourth-order valence-corrected chi connectivity index (χ4v) is 1.90. The molecule has 0 saturated heterocycles. The van der Waals surface area contributed by atoms with Crippen molar-refractivity contribution in [1.82, 2.24) is 5.32 Å². The minimum absolute atomic E-state index is 0.109. The quantitative estimate of drug-likeness (QED) is 0.432. The van der Waals surface area contributed by atoms with Crippen LogP contribution >= 0.6 is 11.6 Å². The summed E-state index contributed by atoms with van der Waals surface area (Å²) in [5, 5.41) is 14.1. The number of nitrogens with zero attached hydrogens (tertiary/aromatic N) is 1. The van der Waals surface area contributed by atoms with E-state index < -0.39 is 16.4 Å². The van der Waals surface area contributed by atoms with Crippen molar-refractivity contribution in [2.45, 2.75) is 25.3 Å². The number of amides is 1. The van der Waals surface area contributed by atoms with Gasteiger partial charge in [0.05, 0.1) is 17.1 Å². The molecule has 1 unspecified atom stereocenters. The summed E-state index contributed by atoms with van der Waals surface area (Å²) < 4.78 is 5.39. The lowest BCUT2D eigenvalue weighted by Gasteiger charge is -2.25. The molecular formula is C13H18ClN3O4. The van der Waals surface area contributed by atoms with Crippen LogP contribution in [0.25, 0.3) is 0 Å². The molecule has 1 aromatic carbocycles. The number of halogens is 1. The van der Waals surface area contributed by atoms with Crippen molar-refractivity contribution in [3.8, 4) is 5.75 Å². The molecule has 0 aromatic heterocycles. The Morgan fingerprint density at radius 1 is 1.57 bits per heavy atom. The molecule has 0 fully saturated rings. The maximum Gasteiger partial charge on any atom is 0.311 e. The van der Waals surface area contributed by atoms with E-state index >= 15 is 0 Å². The second-order valence-corrected chi connectivity index (χ2v) is 5.20. The molecule has 0 radical (unpaired) electrons. The SMILES string of the molecule is CNC(C)(CCCOc1cc(Cl)ccc1[N+](=O)[O-])C(N)=O. The molecule has 1 rings (SSSR count). The van der Waals surface area contributed by atoms with Crippen molar-refractivity contribution in [2.24, 2.45) is 5.73 Å². The van der Waals surface area contributed by atoms with Gasteiger partial charge in [0, 0.05) is 17.2 Å². The summed E-state index contributed by atoms with van der Waals surface area (Å²) in [6, 6.07) is 4.11. The van der Waals surface area contributed by atoms with Gasteiger partial charge >= 0.3 is 5.69 Å². The molecule has 0 aliphatic heterocycles. The number of hydrogen-bond donors (Lipinski definition) is 2. The van der Waals surface area contributed by atoms with E-state index in [1.54, 1.807) is 14.0 Å². The number of ether oxygens (including phenoxy) is 1. The third kappa shape index (κ3) is 4.57. The van der Waals surface area contributed by atoms with Crippen molar-refractivity contribution >= 4 is 23.2 Å². The summed E-state index contributed by atoms with van der Waals surface area (Å²) in [6.45, 7) is 1.91. The lowest BCUT2D eigenvalue weighted by molar-refractivity contribution is -0.385. The fourth-order valence-electron chi connectivity index (χ4n) is 1.73. The van der Waals surface area contributed by atoms with Gasteiger partial charge in [-0.1, -0.05) is 11.6 Å².